The Morgan fingerprint density at radius 3 is 1.67 bits per heavy atom. The highest BCUT2D eigenvalue weighted by atomic mass is 16.5. The van der Waals surface area contributed by atoms with Gasteiger partial charge >= 0.3 is 5.97 Å². The average Bonchev–Trinajstić information content (AvgIpc) is 3.08. The number of carbonyl (C=O) groups excluding carboxylic acids is 1. The molecule has 0 aliphatic rings. The lowest BCUT2D eigenvalue weighted by Crippen LogP contribution is -2.16. The first-order valence-corrected chi connectivity index (χ1v) is 18.3. The maximum Gasteiger partial charge on any atom is 0.343 e. The van der Waals surface area contributed by atoms with Gasteiger partial charge in [-0.3, -0.25) is 0 Å². The lowest BCUT2D eigenvalue weighted by molar-refractivity contribution is 0.0627. The van der Waals surface area contributed by atoms with Gasteiger partial charge in [0, 0.05) is 6.61 Å². The van der Waals surface area contributed by atoms with E-state index in [1.165, 1.54) is 82.6 Å². The summed E-state index contributed by atoms with van der Waals surface area (Å²) in [5.41, 5.74) is 3.87. The van der Waals surface area contributed by atoms with Crippen LogP contribution in [0.15, 0.2) is 72.8 Å². The molecule has 0 bridgehead atoms. The van der Waals surface area contributed by atoms with E-state index in [0.717, 1.165) is 49.2 Å². The Labute approximate surface area is 280 Å². The third-order valence-corrected chi connectivity index (χ3v) is 8.78. The summed E-state index contributed by atoms with van der Waals surface area (Å²) in [7, 11) is 0. The Morgan fingerprint density at radius 2 is 1.09 bits per heavy atom. The molecule has 0 saturated carbocycles. The van der Waals surface area contributed by atoms with Crippen LogP contribution in [0.4, 0.5) is 0 Å². The summed E-state index contributed by atoms with van der Waals surface area (Å²) in [5.74, 6) is 0.978. The van der Waals surface area contributed by atoms with E-state index in [1.807, 2.05) is 48.5 Å². The molecule has 252 valence electrons. The smallest absolute Gasteiger partial charge is 0.343 e. The highest BCUT2D eigenvalue weighted by Crippen LogP contribution is 2.26. The van der Waals surface area contributed by atoms with Gasteiger partial charge in [0.15, 0.2) is 0 Å². The van der Waals surface area contributed by atoms with E-state index >= 15 is 0 Å². The van der Waals surface area contributed by atoms with Gasteiger partial charge in [-0.1, -0.05) is 134 Å². The van der Waals surface area contributed by atoms with Gasteiger partial charge in [-0.25, -0.2) is 4.79 Å². The molecule has 0 aliphatic heterocycles. The summed E-state index contributed by atoms with van der Waals surface area (Å²) in [4.78, 5) is 12.9. The summed E-state index contributed by atoms with van der Waals surface area (Å²) < 4.78 is 18.1. The Hall–Kier alpha value is -3.11. The van der Waals surface area contributed by atoms with Gasteiger partial charge in [0.2, 0.25) is 0 Å². The molecule has 4 nitrogen and oxygen atoms in total. The van der Waals surface area contributed by atoms with Crippen molar-refractivity contribution in [2.75, 3.05) is 6.61 Å². The second kappa shape index (κ2) is 22.4. The van der Waals surface area contributed by atoms with E-state index in [1.54, 1.807) is 0 Å². The SMILES string of the molecule is CCCCCCCCCOC(C)c1ccc(-c2ccc(C(=O)Oc3ccc(OC(CCC)CCCCCCCC)cc3)cc2)cc1. The Bertz CT molecular complexity index is 1200. The molecule has 2 atom stereocenters. The monoisotopic (exact) mass is 628 g/mol. The number of ether oxygens (including phenoxy) is 3. The first-order chi connectivity index (χ1) is 22.5. The standard InChI is InChI=1S/C42H60O4/c1-5-8-10-12-14-16-18-33-44-34(4)35-21-23-36(24-22-35)37-25-27-38(28-26-37)42(43)46-41-31-29-40(30-32-41)45-39(19-7-3)20-17-15-13-11-9-6-2/h21-32,34,39H,5-20,33H2,1-4H3. The maximum atomic E-state index is 12.9. The predicted octanol–water partition coefficient (Wildman–Crippen LogP) is 12.7. The van der Waals surface area contributed by atoms with Crippen LogP contribution in [0.5, 0.6) is 11.5 Å². The van der Waals surface area contributed by atoms with Crippen LogP contribution in [0.2, 0.25) is 0 Å². The first-order valence-electron chi connectivity index (χ1n) is 18.3. The van der Waals surface area contributed by atoms with Gasteiger partial charge in [0.1, 0.15) is 11.5 Å². The van der Waals surface area contributed by atoms with Gasteiger partial charge in [-0.05, 0) is 85.7 Å². The zero-order valence-electron chi connectivity index (χ0n) is 29.2. The van der Waals surface area contributed by atoms with E-state index in [-0.39, 0.29) is 18.2 Å². The molecule has 0 aliphatic carbocycles. The summed E-state index contributed by atoms with van der Waals surface area (Å²) in [5, 5.41) is 0. The molecule has 3 aromatic carbocycles. The zero-order chi connectivity index (χ0) is 32.8. The van der Waals surface area contributed by atoms with Crippen molar-refractivity contribution in [2.24, 2.45) is 0 Å². The molecule has 0 radical (unpaired) electrons. The molecular weight excluding hydrogens is 568 g/mol. The summed E-state index contributed by atoms with van der Waals surface area (Å²) in [6.45, 7) is 9.65. The third kappa shape index (κ3) is 14.1. The molecule has 0 saturated heterocycles. The molecule has 0 N–H and O–H groups in total. The van der Waals surface area contributed by atoms with Crippen LogP contribution < -0.4 is 9.47 Å². The van der Waals surface area contributed by atoms with Crippen molar-refractivity contribution < 1.29 is 19.0 Å². The van der Waals surface area contributed by atoms with Crippen LogP contribution in [-0.2, 0) is 4.74 Å². The van der Waals surface area contributed by atoms with Crippen molar-refractivity contribution in [2.45, 2.75) is 143 Å². The van der Waals surface area contributed by atoms with Crippen molar-refractivity contribution in [3.8, 4) is 22.6 Å². The Balaban J connectivity index is 1.43. The number of carbonyl (C=O) groups is 1. The minimum Gasteiger partial charge on any atom is -0.490 e. The molecule has 0 heterocycles. The van der Waals surface area contributed by atoms with Crippen molar-refractivity contribution in [1.82, 2.24) is 0 Å². The molecule has 4 heteroatoms. The van der Waals surface area contributed by atoms with Gasteiger partial charge < -0.3 is 14.2 Å². The fourth-order valence-electron chi connectivity index (χ4n) is 5.84. The number of hydrogen-bond acceptors (Lipinski definition) is 4. The minimum absolute atomic E-state index is 0.0785. The average molecular weight is 629 g/mol. The van der Waals surface area contributed by atoms with Crippen LogP contribution in [0.3, 0.4) is 0 Å². The summed E-state index contributed by atoms with van der Waals surface area (Å²) >= 11 is 0. The van der Waals surface area contributed by atoms with E-state index in [9.17, 15) is 4.79 Å². The number of hydrogen-bond donors (Lipinski definition) is 0. The lowest BCUT2D eigenvalue weighted by Gasteiger charge is -2.19. The molecule has 46 heavy (non-hydrogen) atoms. The predicted molar refractivity (Wildman–Crippen MR) is 193 cm³/mol. The number of benzene rings is 3. The second-order valence-corrected chi connectivity index (χ2v) is 12.8. The normalized spacial score (nSPS) is 12.5. The number of rotatable bonds is 24. The Morgan fingerprint density at radius 1 is 0.565 bits per heavy atom. The van der Waals surface area contributed by atoms with E-state index < -0.39 is 0 Å². The summed E-state index contributed by atoms with van der Waals surface area (Å²) in [6.07, 6.45) is 20.3. The fraction of sp³-hybridized carbons (Fsp3) is 0.548. The topological polar surface area (TPSA) is 44.8 Å². The molecule has 0 spiro atoms. The van der Waals surface area contributed by atoms with Crippen LogP contribution in [-0.4, -0.2) is 18.7 Å². The molecule has 3 rings (SSSR count). The van der Waals surface area contributed by atoms with Crippen LogP contribution in [0.25, 0.3) is 11.1 Å². The van der Waals surface area contributed by atoms with Crippen molar-refractivity contribution in [1.29, 1.82) is 0 Å². The van der Waals surface area contributed by atoms with Gasteiger partial charge in [0.25, 0.3) is 0 Å². The fourth-order valence-corrected chi connectivity index (χ4v) is 5.84. The van der Waals surface area contributed by atoms with Crippen molar-refractivity contribution in [3.63, 3.8) is 0 Å². The minimum atomic E-state index is -0.366. The van der Waals surface area contributed by atoms with Crippen molar-refractivity contribution in [3.05, 3.63) is 83.9 Å². The van der Waals surface area contributed by atoms with E-state index in [0.29, 0.717) is 11.3 Å². The van der Waals surface area contributed by atoms with Crippen LogP contribution >= 0.6 is 0 Å². The van der Waals surface area contributed by atoms with Crippen LogP contribution in [0.1, 0.15) is 152 Å². The molecular formula is C42H60O4. The van der Waals surface area contributed by atoms with Gasteiger partial charge in [-0.15, -0.1) is 0 Å². The molecule has 0 amide bonds. The number of unbranched alkanes of at least 4 members (excludes halogenated alkanes) is 11. The van der Waals surface area contributed by atoms with Gasteiger partial charge in [-0.2, -0.15) is 0 Å². The quantitative estimate of drug-likeness (QED) is 0.0562. The summed E-state index contributed by atoms with van der Waals surface area (Å²) in [6, 6.07) is 23.6. The maximum absolute atomic E-state index is 12.9. The van der Waals surface area contributed by atoms with Crippen molar-refractivity contribution >= 4 is 5.97 Å². The van der Waals surface area contributed by atoms with E-state index in [2.05, 4.69) is 52.0 Å². The molecule has 2 unspecified atom stereocenters. The molecule has 0 fully saturated rings. The van der Waals surface area contributed by atoms with Gasteiger partial charge in [0.05, 0.1) is 17.8 Å². The number of esters is 1. The van der Waals surface area contributed by atoms with Crippen LogP contribution in [0, 0.1) is 0 Å². The first kappa shape index (κ1) is 37.3. The highest BCUT2D eigenvalue weighted by molar-refractivity contribution is 5.91. The third-order valence-electron chi connectivity index (χ3n) is 8.78. The largest absolute Gasteiger partial charge is 0.490 e. The lowest BCUT2D eigenvalue weighted by atomic mass is 10.0. The zero-order valence-corrected chi connectivity index (χ0v) is 29.2. The van der Waals surface area contributed by atoms with E-state index in [4.69, 9.17) is 14.2 Å². The Kier molecular flexibility index (Phi) is 18.2. The molecule has 0 aromatic heterocycles. The second-order valence-electron chi connectivity index (χ2n) is 12.8. The highest BCUT2D eigenvalue weighted by Gasteiger charge is 2.13. The molecule has 3 aromatic rings.